The minimum atomic E-state index is -4.76. The summed E-state index contributed by atoms with van der Waals surface area (Å²) in [6.45, 7) is 3.99. The third-order valence-corrected chi connectivity index (χ3v) is 4.36. The number of ether oxygens (including phenoxy) is 1. The molecular formula is C24H22F3N3O2. The predicted octanol–water partition coefficient (Wildman–Crippen LogP) is 6.27. The minimum absolute atomic E-state index is 0.00839. The van der Waals surface area contributed by atoms with Crippen LogP contribution in [0.25, 0.3) is 22.4 Å². The molecule has 0 bridgehead atoms. The second-order valence-electron chi connectivity index (χ2n) is 6.50. The van der Waals surface area contributed by atoms with Gasteiger partial charge < -0.3 is 14.6 Å². The number of fused-ring (bicyclic) bond motifs is 1. The first kappa shape index (κ1) is 22.9. The Morgan fingerprint density at radius 1 is 0.938 bits per heavy atom. The number of imidazole rings is 1. The summed E-state index contributed by atoms with van der Waals surface area (Å²) in [5.74, 6) is -0.0341. The highest BCUT2D eigenvalue weighted by Crippen LogP contribution is 2.26. The summed E-state index contributed by atoms with van der Waals surface area (Å²) in [6, 6.07) is 22.0. The summed E-state index contributed by atoms with van der Waals surface area (Å²) >= 11 is 0. The number of alkyl halides is 3. The summed E-state index contributed by atoms with van der Waals surface area (Å²) in [5, 5.41) is 2.69. The fourth-order valence-electron chi connectivity index (χ4n) is 3.13. The number of halogens is 3. The van der Waals surface area contributed by atoms with Crippen LogP contribution >= 0.6 is 0 Å². The summed E-state index contributed by atoms with van der Waals surface area (Å²) in [5.41, 5.74) is 2.80. The van der Waals surface area contributed by atoms with E-state index >= 15 is 0 Å². The fraction of sp³-hybridized carbons (Fsp3) is 0.167. The number of hydrogen-bond donors (Lipinski definition) is 1. The molecule has 32 heavy (non-hydrogen) atoms. The molecule has 1 heterocycles. The Morgan fingerprint density at radius 2 is 1.56 bits per heavy atom. The smallest absolute Gasteiger partial charge is 0.406 e. The zero-order valence-corrected chi connectivity index (χ0v) is 17.6. The standard InChI is InChI=1S/C22H16F3N3O2.C2H6/c23-22(24,25)30-17-12-10-16(11-13-17)26-20(29)14-28-19-9-5-4-8-18(19)27-21(28)15-6-2-1-3-7-15;1-2/h1-13H,14H2,(H,26,29);1-2H3. The zero-order chi connectivity index (χ0) is 23.1. The van der Waals surface area contributed by atoms with Crippen molar-refractivity contribution < 1.29 is 22.7 Å². The maximum atomic E-state index is 12.6. The first-order valence-corrected chi connectivity index (χ1v) is 10.1. The van der Waals surface area contributed by atoms with Gasteiger partial charge in [-0.05, 0) is 36.4 Å². The summed E-state index contributed by atoms with van der Waals surface area (Å²) < 4.78 is 42.4. The lowest BCUT2D eigenvalue weighted by molar-refractivity contribution is -0.274. The van der Waals surface area contributed by atoms with Crippen molar-refractivity contribution in [2.24, 2.45) is 0 Å². The Hall–Kier alpha value is -3.81. The van der Waals surface area contributed by atoms with Gasteiger partial charge in [-0.1, -0.05) is 56.3 Å². The van der Waals surface area contributed by atoms with E-state index in [2.05, 4.69) is 15.0 Å². The molecule has 4 aromatic rings. The Morgan fingerprint density at radius 3 is 2.22 bits per heavy atom. The van der Waals surface area contributed by atoms with E-state index in [0.717, 1.165) is 28.7 Å². The summed E-state index contributed by atoms with van der Waals surface area (Å²) in [7, 11) is 0. The molecule has 0 atom stereocenters. The molecule has 0 aliphatic rings. The molecule has 0 radical (unpaired) electrons. The van der Waals surface area contributed by atoms with E-state index in [1.54, 1.807) is 4.57 Å². The number of amides is 1. The Labute approximate surface area is 183 Å². The van der Waals surface area contributed by atoms with Crippen LogP contribution in [0.1, 0.15) is 13.8 Å². The largest absolute Gasteiger partial charge is 0.573 e. The second-order valence-corrected chi connectivity index (χ2v) is 6.50. The van der Waals surface area contributed by atoms with E-state index in [4.69, 9.17) is 0 Å². The number of anilines is 1. The Balaban J connectivity index is 0.00000141. The van der Waals surface area contributed by atoms with Gasteiger partial charge in [-0.25, -0.2) is 4.98 Å². The first-order valence-electron chi connectivity index (χ1n) is 10.1. The molecular weight excluding hydrogens is 419 g/mol. The quantitative estimate of drug-likeness (QED) is 0.397. The van der Waals surface area contributed by atoms with Crippen molar-refractivity contribution in [3.63, 3.8) is 0 Å². The molecule has 1 amide bonds. The molecule has 8 heteroatoms. The van der Waals surface area contributed by atoms with Crippen molar-refractivity contribution in [3.8, 4) is 17.1 Å². The third-order valence-electron chi connectivity index (χ3n) is 4.36. The molecule has 0 saturated carbocycles. The summed E-state index contributed by atoms with van der Waals surface area (Å²) in [6.07, 6.45) is -4.76. The average molecular weight is 441 g/mol. The Bertz CT molecular complexity index is 1170. The van der Waals surface area contributed by atoms with Gasteiger partial charge >= 0.3 is 6.36 Å². The van der Waals surface area contributed by atoms with Crippen molar-refractivity contribution in [1.82, 2.24) is 9.55 Å². The highest BCUT2D eigenvalue weighted by Gasteiger charge is 2.31. The van der Waals surface area contributed by atoms with Crippen LogP contribution in [0.15, 0.2) is 78.9 Å². The molecule has 1 N–H and O–H groups in total. The lowest BCUT2D eigenvalue weighted by atomic mass is 10.2. The highest BCUT2D eigenvalue weighted by atomic mass is 19.4. The van der Waals surface area contributed by atoms with Crippen LogP contribution in [0.3, 0.4) is 0 Å². The van der Waals surface area contributed by atoms with E-state index in [-0.39, 0.29) is 18.2 Å². The van der Waals surface area contributed by atoms with E-state index in [0.29, 0.717) is 11.5 Å². The lowest BCUT2D eigenvalue weighted by Gasteiger charge is -2.11. The number of nitrogens with zero attached hydrogens (tertiary/aromatic N) is 2. The second kappa shape index (κ2) is 10.00. The topological polar surface area (TPSA) is 56.2 Å². The number of para-hydroxylation sites is 2. The van der Waals surface area contributed by atoms with Gasteiger partial charge in [-0.15, -0.1) is 13.2 Å². The number of carbonyl (C=O) groups is 1. The van der Waals surface area contributed by atoms with Crippen LogP contribution in [0.5, 0.6) is 5.75 Å². The van der Waals surface area contributed by atoms with Gasteiger partial charge in [0.05, 0.1) is 11.0 Å². The van der Waals surface area contributed by atoms with Gasteiger partial charge in [-0.3, -0.25) is 4.79 Å². The normalized spacial score (nSPS) is 10.9. The first-order chi connectivity index (χ1) is 15.4. The fourth-order valence-corrected chi connectivity index (χ4v) is 3.13. The molecule has 1 aromatic heterocycles. The third kappa shape index (κ3) is 5.66. The van der Waals surface area contributed by atoms with E-state index in [9.17, 15) is 18.0 Å². The highest BCUT2D eigenvalue weighted by molar-refractivity contribution is 5.92. The number of hydrogen-bond acceptors (Lipinski definition) is 3. The maximum Gasteiger partial charge on any atom is 0.573 e. The van der Waals surface area contributed by atoms with E-state index in [1.807, 2.05) is 68.4 Å². The van der Waals surface area contributed by atoms with Crippen molar-refractivity contribution in [1.29, 1.82) is 0 Å². The van der Waals surface area contributed by atoms with Gasteiger partial charge in [0.2, 0.25) is 5.91 Å². The van der Waals surface area contributed by atoms with Gasteiger partial charge in [0.1, 0.15) is 18.1 Å². The van der Waals surface area contributed by atoms with Gasteiger partial charge in [-0.2, -0.15) is 0 Å². The van der Waals surface area contributed by atoms with Crippen molar-refractivity contribution in [2.75, 3.05) is 5.32 Å². The summed E-state index contributed by atoms with van der Waals surface area (Å²) in [4.78, 5) is 17.3. The predicted molar refractivity (Wildman–Crippen MR) is 118 cm³/mol. The number of rotatable bonds is 5. The van der Waals surface area contributed by atoms with Crippen LogP contribution in [-0.4, -0.2) is 21.8 Å². The number of aromatic nitrogens is 2. The number of nitrogens with one attached hydrogen (secondary N) is 1. The van der Waals surface area contributed by atoms with Gasteiger partial charge in [0.15, 0.2) is 0 Å². The minimum Gasteiger partial charge on any atom is -0.406 e. The average Bonchev–Trinajstić information content (AvgIpc) is 3.14. The van der Waals surface area contributed by atoms with Gasteiger partial charge in [0, 0.05) is 11.3 Å². The van der Waals surface area contributed by atoms with Crippen LogP contribution in [0, 0.1) is 0 Å². The monoisotopic (exact) mass is 441 g/mol. The van der Waals surface area contributed by atoms with Crippen molar-refractivity contribution in [2.45, 2.75) is 26.8 Å². The molecule has 5 nitrogen and oxygen atoms in total. The number of carbonyl (C=O) groups excluding carboxylic acids is 1. The Kier molecular flexibility index (Phi) is 7.14. The molecule has 0 aliphatic carbocycles. The van der Waals surface area contributed by atoms with Gasteiger partial charge in [0.25, 0.3) is 0 Å². The zero-order valence-electron chi connectivity index (χ0n) is 17.6. The molecule has 0 aliphatic heterocycles. The van der Waals surface area contributed by atoms with Crippen LogP contribution < -0.4 is 10.1 Å². The molecule has 3 aromatic carbocycles. The molecule has 0 saturated heterocycles. The van der Waals surface area contributed by atoms with Crippen molar-refractivity contribution >= 4 is 22.6 Å². The lowest BCUT2D eigenvalue weighted by Crippen LogP contribution is -2.19. The maximum absolute atomic E-state index is 12.6. The number of benzene rings is 3. The van der Waals surface area contributed by atoms with Crippen LogP contribution in [0.2, 0.25) is 0 Å². The van der Waals surface area contributed by atoms with E-state index in [1.165, 1.54) is 12.1 Å². The molecule has 4 rings (SSSR count). The van der Waals surface area contributed by atoms with Crippen molar-refractivity contribution in [3.05, 3.63) is 78.9 Å². The molecule has 0 fully saturated rings. The van der Waals surface area contributed by atoms with E-state index < -0.39 is 6.36 Å². The van der Waals surface area contributed by atoms with Crippen LogP contribution in [0.4, 0.5) is 18.9 Å². The van der Waals surface area contributed by atoms with Crippen LogP contribution in [-0.2, 0) is 11.3 Å². The molecule has 166 valence electrons. The molecule has 0 spiro atoms. The molecule has 0 unspecified atom stereocenters. The SMILES string of the molecule is CC.O=C(Cn1c(-c2ccccc2)nc2ccccc21)Nc1ccc(OC(F)(F)F)cc1.